The Morgan fingerprint density at radius 2 is 2.17 bits per heavy atom. The zero-order chi connectivity index (χ0) is 16.1. The van der Waals surface area contributed by atoms with Crippen molar-refractivity contribution in [3.63, 3.8) is 0 Å². The Hall–Kier alpha value is -2.60. The first-order valence-corrected chi connectivity index (χ1v) is 7.45. The van der Waals surface area contributed by atoms with Crippen LogP contribution in [0.3, 0.4) is 0 Å². The number of carbonyl (C=O) groups is 1. The number of nitrogens with zero attached hydrogens (tertiary/aromatic N) is 2. The molecule has 3 rings (SSSR count). The monoisotopic (exact) mass is 331 g/mol. The molecule has 0 atom stereocenters. The molecular formula is C16H14ClN3O3. The van der Waals surface area contributed by atoms with Crippen molar-refractivity contribution >= 4 is 23.7 Å². The zero-order valence-electron chi connectivity index (χ0n) is 12.2. The molecule has 2 aromatic rings. The summed E-state index contributed by atoms with van der Waals surface area (Å²) in [6, 6.07) is 8.54. The van der Waals surface area contributed by atoms with Gasteiger partial charge >= 0.3 is 0 Å². The van der Waals surface area contributed by atoms with E-state index in [0.717, 1.165) is 6.42 Å². The van der Waals surface area contributed by atoms with E-state index in [-0.39, 0.29) is 5.91 Å². The van der Waals surface area contributed by atoms with Crippen LogP contribution in [0.2, 0.25) is 5.02 Å². The molecule has 118 valence electrons. The first-order chi connectivity index (χ1) is 11.2. The van der Waals surface area contributed by atoms with Crippen LogP contribution in [0.4, 0.5) is 0 Å². The number of nitrogens with one attached hydrogen (secondary N) is 1. The maximum absolute atomic E-state index is 11.8. The number of rotatable bonds is 3. The molecule has 0 saturated carbocycles. The molecule has 0 aliphatic carbocycles. The van der Waals surface area contributed by atoms with E-state index in [4.69, 9.17) is 21.1 Å². The Bertz CT molecular complexity index is 735. The lowest BCUT2D eigenvalue weighted by atomic mass is 10.2. The minimum absolute atomic E-state index is 0.293. The summed E-state index contributed by atoms with van der Waals surface area (Å²) < 4.78 is 11.2. The van der Waals surface area contributed by atoms with Crippen LogP contribution >= 0.6 is 11.6 Å². The number of fused-ring (bicyclic) bond motifs is 1. The van der Waals surface area contributed by atoms with Crippen molar-refractivity contribution in [1.82, 2.24) is 10.4 Å². The molecule has 1 amide bonds. The Morgan fingerprint density at radius 1 is 1.30 bits per heavy atom. The molecule has 0 bridgehead atoms. The van der Waals surface area contributed by atoms with E-state index in [1.807, 2.05) is 0 Å². The third kappa shape index (κ3) is 3.78. The van der Waals surface area contributed by atoms with E-state index in [2.05, 4.69) is 15.5 Å². The van der Waals surface area contributed by atoms with Crippen molar-refractivity contribution in [3.8, 4) is 11.5 Å². The normalized spacial score (nSPS) is 13.6. The maximum Gasteiger partial charge on any atom is 0.289 e. The second-order valence-electron chi connectivity index (χ2n) is 4.79. The van der Waals surface area contributed by atoms with Crippen molar-refractivity contribution in [1.29, 1.82) is 0 Å². The lowest BCUT2D eigenvalue weighted by molar-refractivity contribution is 0.0950. The van der Waals surface area contributed by atoms with E-state index in [0.29, 0.717) is 41.0 Å². The topological polar surface area (TPSA) is 72.8 Å². The molecule has 0 fully saturated rings. The number of benzene rings is 1. The SMILES string of the molecule is O=C(N/N=C\c1cc(Cl)c2c(c1)OCCCO2)c1ccccn1. The maximum atomic E-state index is 11.8. The van der Waals surface area contributed by atoms with Crippen LogP contribution in [0.25, 0.3) is 0 Å². The Morgan fingerprint density at radius 3 is 3.00 bits per heavy atom. The summed E-state index contributed by atoms with van der Waals surface area (Å²) in [5.74, 6) is 0.730. The van der Waals surface area contributed by atoms with Gasteiger partial charge in [-0.05, 0) is 29.8 Å². The number of aromatic nitrogens is 1. The van der Waals surface area contributed by atoms with Crippen LogP contribution < -0.4 is 14.9 Å². The van der Waals surface area contributed by atoms with Crippen LogP contribution in [0.1, 0.15) is 22.5 Å². The molecule has 7 heteroatoms. The minimum atomic E-state index is -0.387. The first kappa shape index (κ1) is 15.3. The molecule has 1 aromatic heterocycles. The predicted octanol–water partition coefficient (Wildman–Crippen LogP) is 2.66. The molecule has 1 aromatic carbocycles. The molecule has 1 aliphatic rings. The first-order valence-electron chi connectivity index (χ1n) is 7.07. The molecule has 1 aliphatic heterocycles. The van der Waals surface area contributed by atoms with Crippen molar-refractivity contribution in [2.45, 2.75) is 6.42 Å². The highest BCUT2D eigenvalue weighted by molar-refractivity contribution is 6.32. The van der Waals surface area contributed by atoms with Gasteiger partial charge in [-0.2, -0.15) is 5.10 Å². The summed E-state index contributed by atoms with van der Waals surface area (Å²) in [6.07, 6.45) is 3.83. The van der Waals surface area contributed by atoms with Gasteiger partial charge < -0.3 is 9.47 Å². The number of ether oxygens (including phenoxy) is 2. The fourth-order valence-corrected chi connectivity index (χ4v) is 2.32. The van der Waals surface area contributed by atoms with E-state index in [1.165, 1.54) is 6.21 Å². The average molecular weight is 332 g/mol. The van der Waals surface area contributed by atoms with E-state index in [9.17, 15) is 4.79 Å². The number of amides is 1. The molecule has 0 saturated heterocycles. The lowest BCUT2D eigenvalue weighted by Gasteiger charge is -2.09. The highest BCUT2D eigenvalue weighted by Gasteiger charge is 2.15. The van der Waals surface area contributed by atoms with Gasteiger partial charge in [0.25, 0.3) is 5.91 Å². The van der Waals surface area contributed by atoms with Gasteiger partial charge in [-0.15, -0.1) is 0 Å². The third-order valence-corrected chi connectivity index (χ3v) is 3.38. The van der Waals surface area contributed by atoms with Crippen molar-refractivity contribution in [2.75, 3.05) is 13.2 Å². The summed E-state index contributed by atoms with van der Waals surface area (Å²) in [6.45, 7) is 1.14. The average Bonchev–Trinajstić information content (AvgIpc) is 2.81. The summed E-state index contributed by atoms with van der Waals surface area (Å²) in [7, 11) is 0. The summed E-state index contributed by atoms with van der Waals surface area (Å²) >= 11 is 6.19. The van der Waals surface area contributed by atoms with E-state index < -0.39 is 0 Å². The van der Waals surface area contributed by atoms with Crippen LogP contribution in [0, 0.1) is 0 Å². The molecule has 0 unspecified atom stereocenters. The zero-order valence-corrected chi connectivity index (χ0v) is 12.9. The second-order valence-corrected chi connectivity index (χ2v) is 5.20. The van der Waals surface area contributed by atoms with Gasteiger partial charge in [0.1, 0.15) is 5.69 Å². The molecule has 0 radical (unpaired) electrons. The fourth-order valence-electron chi connectivity index (χ4n) is 2.05. The fraction of sp³-hybridized carbons (Fsp3) is 0.188. The third-order valence-electron chi connectivity index (χ3n) is 3.10. The van der Waals surface area contributed by atoms with Gasteiger partial charge in [-0.1, -0.05) is 17.7 Å². The molecule has 23 heavy (non-hydrogen) atoms. The van der Waals surface area contributed by atoms with E-state index >= 15 is 0 Å². The largest absolute Gasteiger partial charge is 0.489 e. The molecule has 6 nitrogen and oxygen atoms in total. The quantitative estimate of drug-likeness (QED) is 0.693. The number of pyridine rings is 1. The number of hydrogen-bond donors (Lipinski definition) is 1. The smallest absolute Gasteiger partial charge is 0.289 e. The van der Waals surface area contributed by atoms with Crippen LogP contribution in [-0.4, -0.2) is 30.3 Å². The Labute approximate surface area is 138 Å². The van der Waals surface area contributed by atoms with Crippen LogP contribution in [0.15, 0.2) is 41.6 Å². The van der Waals surface area contributed by atoms with Gasteiger partial charge in [0, 0.05) is 12.6 Å². The standard InChI is InChI=1S/C16H14ClN3O3/c17-12-8-11(9-14-15(12)23-7-3-6-22-14)10-19-20-16(21)13-4-1-2-5-18-13/h1-2,4-5,8-10H,3,6-7H2,(H,20,21)/b19-10-. The van der Waals surface area contributed by atoms with Gasteiger partial charge in [0.05, 0.1) is 24.5 Å². The lowest BCUT2D eigenvalue weighted by Crippen LogP contribution is -2.18. The molecular weight excluding hydrogens is 318 g/mol. The summed E-state index contributed by atoms with van der Waals surface area (Å²) in [4.78, 5) is 15.8. The van der Waals surface area contributed by atoms with Gasteiger partial charge in [-0.25, -0.2) is 5.43 Å². The van der Waals surface area contributed by atoms with Gasteiger partial charge in [-0.3, -0.25) is 9.78 Å². The molecule has 1 N–H and O–H groups in total. The minimum Gasteiger partial charge on any atom is -0.489 e. The number of carbonyl (C=O) groups excluding carboxylic acids is 1. The summed E-state index contributed by atoms with van der Waals surface area (Å²) in [5, 5.41) is 4.36. The number of hydrogen-bond acceptors (Lipinski definition) is 5. The molecule has 2 heterocycles. The summed E-state index contributed by atoms with van der Waals surface area (Å²) in [5.41, 5.74) is 3.40. The van der Waals surface area contributed by atoms with Gasteiger partial charge in [0.15, 0.2) is 11.5 Å². The Kier molecular flexibility index (Phi) is 4.73. The van der Waals surface area contributed by atoms with E-state index in [1.54, 1.807) is 36.5 Å². The van der Waals surface area contributed by atoms with Crippen LogP contribution in [-0.2, 0) is 0 Å². The van der Waals surface area contributed by atoms with Crippen LogP contribution in [0.5, 0.6) is 11.5 Å². The number of halogens is 1. The second kappa shape index (κ2) is 7.11. The highest BCUT2D eigenvalue weighted by atomic mass is 35.5. The molecule has 0 spiro atoms. The van der Waals surface area contributed by atoms with Crippen molar-refractivity contribution in [3.05, 3.63) is 52.8 Å². The Balaban J connectivity index is 1.72. The van der Waals surface area contributed by atoms with Crippen molar-refractivity contribution < 1.29 is 14.3 Å². The highest BCUT2D eigenvalue weighted by Crippen LogP contribution is 2.37. The van der Waals surface area contributed by atoms with Gasteiger partial charge in [0.2, 0.25) is 0 Å². The predicted molar refractivity (Wildman–Crippen MR) is 86.4 cm³/mol. The number of hydrazone groups is 1. The van der Waals surface area contributed by atoms with Crippen molar-refractivity contribution in [2.24, 2.45) is 5.10 Å².